The minimum Gasteiger partial charge on any atom is -1.00 e. The Bertz CT molecular complexity index is 866. The fourth-order valence-electron chi connectivity index (χ4n) is 3.17. The summed E-state index contributed by atoms with van der Waals surface area (Å²) in [6, 6.07) is 26.6. The summed E-state index contributed by atoms with van der Waals surface area (Å²) in [5.74, 6) is 0. The third kappa shape index (κ3) is 5.98. The summed E-state index contributed by atoms with van der Waals surface area (Å²) in [4.78, 5) is 0. The van der Waals surface area contributed by atoms with E-state index in [1.165, 1.54) is 21.5 Å². The monoisotopic (exact) mass is 460 g/mol. The Labute approximate surface area is 190 Å². The van der Waals surface area contributed by atoms with Crippen molar-refractivity contribution in [3.63, 3.8) is 0 Å². The Balaban J connectivity index is 0.000000261. The molecule has 0 N–H and O–H groups in total. The first-order valence-electron chi connectivity index (χ1n) is 9.46. The first-order chi connectivity index (χ1) is 12.1. The van der Waals surface area contributed by atoms with Crippen LogP contribution in [-0.4, -0.2) is 16.1 Å². The van der Waals surface area contributed by atoms with Gasteiger partial charge in [-0.05, 0) is 0 Å². The van der Waals surface area contributed by atoms with Crippen LogP contribution in [0.1, 0.15) is 0 Å². The number of hydrogen-bond acceptors (Lipinski definition) is 0. The van der Waals surface area contributed by atoms with Gasteiger partial charge in [0.05, 0.1) is 16.1 Å². The fraction of sp³-hybridized carbons (Fsp3) is 0.250. The van der Waals surface area contributed by atoms with E-state index in [9.17, 15) is 0 Å². The van der Waals surface area contributed by atoms with Crippen molar-refractivity contribution in [1.29, 1.82) is 0 Å². The number of fused-ring (bicyclic) bond motifs is 2. The zero-order valence-corrected chi connectivity index (χ0v) is 21.9. The maximum absolute atomic E-state index is 2.39. The van der Waals surface area contributed by atoms with Crippen molar-refractivity contribution in [1.82, 2.24) is 0 Å². The topological polar surface area (TPSA) is 0 Å². The van der Waals surface area contributed by atoms with Gasteiger partial charge < -0.3 is 12.4 Å². The second-order valence-corrected chi connectivity index (χ2v) is 19.4. The van der Waals surface area contributed by atoms with Crippen LogP contribution in [0.4, 0.5) is 0 Å². The molecule has 0 saturated heterocycles. The van der Waals surface area contributed by atoms with Gasteiger partial charge >= 0.3 is 18.6 Å². The molecule has 0 bridgehead atoms. The van der Waals surface area contributed by atoms with Crippen LogP contribution in [0.15, 0.2) is 72.8 Å². The summed E-state index contributed by atoms with van der Waals surface area (Å²) < 4.78 is 0. The van der Waals surface area contributed by atoms with Crippen LogP contribution in [0.2, 0.25) is 39.3 Å². The molecule has 4 aromatic carbocycles. The second-order valence-electron chi connectivity index (χ2n) is 9.25. The summed E-state index contributed by atoms with van der Waals surface area (Å²) in [5.41, 5.74) is 0. The second kappa shape index (κ2) is 9.65. The smallest absolute Gasteiger partial charge is 1.00 e. The predicted octanol–water partition coefficient (Wildman–Crippen LogP) is 3.21. The van der Waals surface area contributed by atoms with E-state index >= 15 is 0 Å². The molecule has 0 nitrogen and oxygen atoms in total. The Morgan fingerprint density at radius 3 is 1.18 bits per heavy atom. The summed E-state index contributed by atoms with van der Waals surface area (Å²) in [7, 11) is -2.23. The van der Waals surface area contributed by atoms with Crippen molar-refractivity contribution >= 4 is 48.1 Å². The molecule has 0 aliphatic carbocycles. The zero-order chi connectivity index (χ0) is 18.9. The molecule has 0 fully saturated rings. The van der Waals surface area contributed by atoms with Crippen LogP contribution in [0.25, 0.3) is 21.5 Å². The minimum atomic E-state index is -1.12. The summed E-state index contributed by atoms with van der Waals surface area (Å²) in [6.07, 6.45) is 0. The Morgan fingerprint density at radius 1 is 0.571 bits per heavy atom. The Hall–Kier alpha value is -1.03. The van der Waals surface area contributed by atoms with Crippen molar-refractivity contribution < 1.29 is 31.0 Å². The van der Waals surface area contributed by atoms with Gasteiger partial charge in [-0.25, -0.2) is 0 Å². The van der Waals surface area contributed by atoms with E-state index in [1.807, 2.05) is 0 Å². The largest absolute Gasteiger partial charge is 2.00 e. The SMILES string of the molecule is C[Si](C)(C)c1cc2ccccc2[cH-]1.C[Si](C)(C)c1cc2ccccc2[cH-]1.[Cl-].[V+2]. The van der Waals surface area contributed by atoms with E-state index in [-0.39, 0.29) is 31.0 Å². The number of benzene rings is 2. The molecule has 0 aliphatic rings. The van der Waals surface area contributed by atoms with Crippen LogP contribution >= 0.6 is 0 Å². The van der Waals surface area contributed by atoms with Crippen molar-refractivity contribution in [3.05, 3.63) is 72.8 Å². The molecule has 28 heavy (non-hydrogen) atoms. The Morgan fingerprint density at radius 2 is 0.893 bits per heavy atom. The van der Waals surface area contributed by atoms with Crippen LogP contribution in [-0.2, 0) is 18.6 Å². The van der Waals surface area contributed by atoms with Crippen molar-refractivity contribution in [3.8, 4) is 0 Å². The zero-order valence-electron chi connectivity index (χ0n) is 17.8. The van der Waals surface area contributed by atoms with Crippen LogP contribution in [0, 0.1) is 0 Å². The molecule has 0 heterocycles. The first-order valence-corrected chi connectivity index (χ1v) is 16.5. The molecule has 4 aromatic rings. The number of hydrogen-bond donors (Lipinski definition) is 0. The molecule has 0 spiro atoms. The van der Waals surface area contributed by atoms with Gasteiger partial charge in [0.25, 0.3) is 0 Å². The van der Waals surface area contributed by atoms with Gasteiger partial charge in [-0.2, -0.15) is 22.9 Å². The van der Waals surface area contributed by atoms with Crippen LogP contribution in [0.5, 0.6) is 0 Å². The van der Waals surface area contributed by atoms with Gasteiger partial charge in [0.15, 0.2) is 0 Å². The third-order valence-electron chi connectivity index (χ3n) is 4.97. The number of rotatable bonds is 2. The quantitative estimate of drug-likeness (QED) is 0.318. The van der Waals surface area contributed by atoms with E-state index in [2.05, 4.69) is 112 Å². The summed E-state index contributed by atoms with van der Waals surface area (Å²) >= 11 is 0. The van der Waals surface area contributed by atoms with Crippen LogP contribution in [0.3, 0.4) is 0 Å². The molecular weight excluding hydrogens is 431 g/mol. The van der Waals surface area contributed by atoms with Gasteiger partial charge in [-0.15, -0.1) is 69.7 Å². The van der Waals surface area contributed by atoms with Crippen molar-refractivity contribution in [2.75, 3.05) is 0 Å². The molecule has 4 rings (SSSR count). The fourth-order valence-corrected chi connectivity index (χ4v) is 5.52. The van der Waals surface area contributed by atoms with Gasteiger partial charge in [-0.1, -0.05) is 51.4 Å². The molecule has 0 aliphatic heterocycles. The average Bonchev–Trinajstić information content (AvgIpc) is 3.19. The summed E-state index contributed by atoms with van der Waals surface area (Å²) in [6.45, 7) is 14.3. The van der Waals surface area contributed by atoms with E-state index in [1.54, 1.807) is 10.4 Å². The van der Waals surface area contributed by atoms with Crippen molar-refractivity contribution in [2.24, 2.45) is 0 Å². The molecule has 0 saturated carbocycles. The Kier molecular flexibility index (Phi) is 8.61. The molecule has 1 radical (unpaired) electrons. The van der Waals surface area contributed by atoms with Gasteiger partial charge in [0.2, 0.25) is 0 Å². The maximum Gasteiger partial charge on any atom is 2.00 e. The molecule has 0 atom stereocenters. The predicted molar refractivity (Wildman–Crippen MR) is 125 cm³/mol. The van der Waals surface area contributed by atoms with Gasteiger partial charge in [-0.3, -0.25) is 0 Å². The molecular formula is C24H30ClSi2V-. The van der Waals surface area contributed by atoms with Gasteiger partial charge in [0.1, 0.15) is 0 Å². The minimum absolute atomic E-state index is 0. The maximum atomic E-state index is 2.39. The third-order valence-corrected chi connectivity index (χ3v) is 9.01. The molecule has 147 valence electrons. The molecule has 4 heteroatoms. The van der Waals surface area contributed by atoms with E-state index in [0.29, 0.717) is 0 Å². The molecule has 0 unspecified atom stereocenters. The first kappa shape index (κ1) is 25.0. The van der Waals surface area contributed by atoms with Gasteiger partial charge in [0, 0.05) is 0 Å². The standard InChI is InChI=1S/2C12H15Si.ClH.V/c2*1-13(2,3)12-8-10-6-4-5-7-11(10)9-12;;/h2*4-9H,1-3H3;1H;/q2*-1;;+2/p-1. The average molecular weight is 461 g/mol. The normalized spacial score (nSPS) is 11.4. The number of halogens is 1. The molecule has 0 amide bonds. The van der Waals surface area contributed by atoms with Crippen molar-refractivity contribution in [2.45, 2.75) is 39.3 Å². The van der Waals surface area contributed by atoms with E-state index in [0.717, 1.165) is 0 Å². The summed E-state index contributed by atoms with van der Waals surface area (Å²) in [5, 5.41) is 8.68. The van der Waals surface area contributed by atoms with Crippen LogP contribution < -0.4 is 22.8 Å². The van der Waals surface area contributed by atoms with E-state index in [4.69, 9.17) is 0 Å². The molecule has 0 aromatic heterocycles. The van der Waals surface area contributed by atoms with E-state index < -0.39 is 16.1 Å².